The Morgan fingerprint density at radius 3 is 1.44 bits per heavy atom. The molecule has 1 heterocycles. The molecule has 13 heteroatoms. The zero-order valence-corrected chi connectivity index (χ0v) is 44.4. The minimum absolute atomic E-state index is 0.0193. The number of carbonyl (C=O) groups is 1. The van der Waals surface area contributed by atoms with E-state index >= 15 is 0 Å². The van der Waals surface area contributed by atoms with E-state index in [-0.39, 0.29) is 19.6 Å². The fraction of sp³-hybridized carbons (Fsp3) is 0.737. The van der Waals surface area contributed by atoms with Crippen LogP contribution in [-0.4, -0.2) is 97.5 Å². The van der Waals surface area contributed by atoms with Crippen molar-refractivity contribution < 1.29 is 56.2 Å². The van der Waals surface area contributed by atoms with E-state index in [9.17, 15) is 33.1 Å². The molecule has 0 amide bonds. The SMILES string of the molecule is CC/C=C\C/C=C\C/C=C\C/C=C\CCCCCCC(=O)OC(COCCCCCCCCCCCCC/C=C\C/C=C\C/C=C\CCCCCCC)COC1OC(CO)C(O)C(OS(=O)(=O)O)C1O. The summed E-state index contributed by atoms with van der Waals surface area (Å²) in [7, 11) is -5.07. The lowest BCUT2D eigenvalue weighted by atomic mass is 9.99. The number of hydrogen-bond acceptors (Lipinski definition) is 11. The first-order chi connectivity index (χ1) is 34.1. The maximum Gasteiger partial charge on any atom is 0.397 e. The third-order valence-corrected chi connectivity index (χ3v) is 12.5. The van der Waals surface area contributed by atoms with Crippen LogP contribution in [0.2, 0.25) is 0 Å². The quantitative estimate of drug-likeness (QED) is 0.0197. The molecule has 1 rings (SSSR count). The molecule has 4 N–H and O–H groups in total. The molecular weight excluding hydrogens is 909 g/mol. The summed E-state index contributed by atoms with van der Waals surface area (Å²) in [5.74, 6) is -0.425. The summed E-state index contributed by atoms with van der Waals surface area (Å²) in [4.78, 5) is 12.9. The van der Waals surface area contributed by atoms with Crippen LogP contribution >= 0.6 is 0 Å². The van der Waals surface area contributed by atoms with Gasteiger partial charge in [-0.2, -0.15) is 8.42 Å². The predicted molar refractivity (Wildman–Crippen MR) is 285 cm³/mol. The summed E-state index contributed by atoms with van der Waals surface area (Å²) < 4.78 is 59.3. The van der Waals surface area contributed by atoms with E-state index in [1.54, 1.807) is 0 Å². The number of rotatable bonds is 47. The van der Waals surface area contributed by atoms with Crippen LogP contribution in [0.4, 0.5) is 0 Å². The molecule has 0 aromatic heterocycles. The molecule has 0 spiro atoms. The van der Waals surface area contributed by atoms with Crippen LogP contribution in [0.5, 0.6) is 0 Å². The van der Waals surface area contributed by atoms with Crippen molar-refractivity contribution in [2.24, 2.45) is 0 Å². The van der Waals surface area contributed by atoms with Crippen molar-refractivity contribution in [3.8, 4) is 0 Å². The molecule has 1 saturated heterocycles. The average Bonchev–Trinajstić information content (AvgIpc) is 3.34. The Hall–Kier alpha value is -2.72. The number of hydrogen-bond donors (Lipinski definition) is 4. The number of aliphatic hydroxyl groups excluding tert-OH is 3. The van der Waals surface area contributed by atoms with Crippen molar-refractivity contribution in [1.82, 2.24) is 0 Å². The Morgan fingerprint density at radius 1 is 0.557 bits per heavy atom. The van der Waals surface area contributed by atoms with Gasteiger partial charge in [0.25, 0.3) is 0 Å². The Labute approximate surface area is 425 Å². The molecule has 0 radical (unpaired) electrons. The molecule has 0 aliphatic carbocycles. The summed E-state index contributed by atoms with van der Waals surface area (Å²) in [5, 5.41) is 30.8. The van der Waals surface area contributed by atoms with Crippen LogP contribution in [0.15, 0.2) is 85.1 Å². The van der Waals surface area contributed by atoms with Gasteiger partial charge >= 0.3 is 16.4 Å². The molecule has 1 aliphatic heterocycles. The number of allylic oxidation sites excluding steroid dienone is 14. The Bertz CT molecular complexity index is 1540. The highest BCUT2D eigenvalue weighted by molar-refractivity contribution is 7.80. The Morgan fingerprint density at radius 2 is 0.986 bits per heavy atom. The van der Waals surface area contributed by atoms with E-state index in [4.69, 9.17) is 18.9 Å². The highest BCUT2D eigenvalue weighted by Crippen LogP contribution is 2.26. The minimum Gasteiger partial charge on any atom is -0.457 e. The zero-order valence-electron chi connectivity index (χ0n) is 43.6. The first-order valence-corrected chi connectivity index (χ1v) is 28.7. The molecule has 1 aliphatic rings. The van der Waals surface area contributed by atoms with Gasteiger partial charge in [-0.15, -0.1) is 0 Å². The van der Waals surface area contributed by atoms with Crippen LogP contribution in [0.1, 0.15) is 206 Å². The van der Waals surface area contributed by atoms with Crippen molar-refractivity contribution in [2.75, 3.05) is 26.4 Å². The topological polar surface area (TPSA) is 178 Å². The van der Waals surface area contributed by atoms with Crippen molar-refractivity contribution in [2.45, 2.75) is 243 Å². The van der Waals surface area contributed by atoms with E-state index < -0.39 is 59.8 Å². The van der Waals surface area contributed by atoms with Gasteiger partial charge in [0, 0.05) is 13.0 Å². The number of carbonyl (C=O) groups excluding carboxylic acids is 1. The molecular formula is C57H98O12S. The van der Waals surface area contributed by atoms with Gasteiger partial charge in [0.1, 0.15) is 30.5 Å². The summed E-state index contributed by atoms with van der Waals surface area (Å²) >= 11 is 0. The fourth-order valence-electron chi connectivity index (χ4n) is 7.91. The smallest absolute Gasteiger partial charge is 0.397 e. The number of unbranched alkanes of at least 4 members (excludes halogenated alkanes) is 20. The van der Waals surface area contributed by atoms with Gasteiger partial charge in [-0.3, -0.25) is 9.35 Å². The van der Waals surface area contributed by atoms with Gasteiger partial charge in [0.05, 0.1) is 19.8 Å². The van der Waals surface area contributed by atoms with Crippen LogP contribution in [0.25, 0.3) is 0 Å². The van der Waals surface area contributed by atoms with E-state index in [0.29, 0.717) is 13.0 Å². The second-order valence-corrected chi connectivity index (χ2v) is 19.5. The van der Waals surface area contributed by atoms with E-state index in [2.05, 4.69) is 103 Å². The summed E-state index contributed by atoms with van der Waals surface area (Å²) in [6.07, 6.45) is 54.7. The molecule has 12 nitrogen and oxygen atoms in total. The van der Waals surface area contributed by atoms with Crippen molar-refractivity contribution in [3.05, 3.63) is 85.1 Å². The van der Waals surface area contributed by atoms with E-state index in [1.165, 1.54) is 96.3 Å². The monoisotopic (exact) mass is 1010 g/mol. The molecule has 0 aromatic rings. The van der Waals surface area contributed by atoms with E-state index in [1.807, 2.05) is 0 Å². The van der Waals surface area contributed by atoms with Crippen LogP contribution in [0.3, 0.4) is 0 Å². The lowest BCUT2D eigenvalue weighted by Gasteiger charge is -2.41. The van der Waals surface area contributed by atoms with Gasteiger partial charge in [0.15, 0.2) is 6.29 Å². The van der Waals surface area contributed by atoms with Gasteiger partial charge in [-0.1, -0.05) is 195 Å². The molecule has 70 heavy (non-hydrogen) atoms. The lowest BCUT2D eigenvalue weighted by Crippen LogP contribution is -2.60. The summed E-state index contributed by atoms with van der Waals surface area (Å²) in [6, 6.07) is 0. The molecule has 0 saturated carbocycles. The van der Waals surface area contributed by atoms with Gasteiger partial charge in [0.2, 0.25) is 0 Å². The maximum atomic E-state index is 12.9. The molecule has 0 aromatic carbocycles. The van der Waals surface area contributed by atoms with Crippen LogP contribution in [0, 0.1) is 0 Å². The zero-order chi connectivity index (χ0) is 51.0. The second kappa shape index (κ2) is 47.3. The summed E-state index contributed by atoms with van der Waals surface area (Å²) in [5.41, 5.74) is 0. The molecule has 1 fully saturated rings. The summed E-state index contributed by atoms with van der Waals surface area (Å²) in [6.45, 7) is 3.83. The second-order valence-electron chi connectivity index (χ2n) is 18.4. The first-order valence-electron chi connectivity index (χ1n) is 27.3. The maximum absolute atomic E-state index is 12.9. The van der Waals surface area contributed by atoms with Gasteiger partial charge in [-0.25, -0.2) is 4.18 Å². The Balaban J connectivity index is 2.33. The molecule has 6 unspecified atom stereocenters. The highest BCUT2D eigenvalue weighted by atomic mass is 32.3. The number of aliphatic hydroxyl groups is 3. The lowest BCUT2D eigenvalue weighted by molar-refractivity contribution is -0.301. The third-order valence-electron chi connectivity index (χ3n) is 12.0. The van der Waals surface area contributed by atoms with E-state index in [0.717, 1.165) is 83.5 Å². The highest BCUT2D eigenvalue weighted by Gasteiger charge is 2.48. The van der Waals surface area contributed by atoms with Crippen molar-refractivity contribution >= 4 is 16.4 Å². The van der Waals surface area contributed by atoms with Gasteiger partial charge in [-0.05, 0) is 89.9 Å². The standard InChI is InChI=1S/C57H98O12S/c1-3-5-7-9-11-13-15-17-19-21-22-23-24-25-26-27-28-29-31-33-35-37-39-41-43-45-47-65-49-51(50-66-57-55(61)56(69-70(62,63)64)54(60)52(48-58)68-57)67-53(59)46-44-42-40-38-36-34-32-30-20-18-16-14-12-10-8-6-4-2/h6,8,12,14-15,17-18,20-22,24-25,32,34,51-52,54-58,60-61H,3-5,7,9-11,13,16,19,23,26-31,33,35-50H2,1-2H3,(H,62,63,64)/b8-6-,14-12-,17-15-,20-18-,22-21-,25-24-,34-32-. The largest absolute Gasteiger partial charge is 0.457 e. The Kier molecular flexibility index (Phi) is 44.1. The molecule has 0 bridgehead atoms. The minimum atomic E-state index is -5.07. The third kappa shape index (κ3) is 39.8. The molecule has 6 atom stereocenters. The predicted octanol–water partition coefficient (Wildman–Crippen LogP) is 13.2. The fourth-order valence-corrected chi connectivity index (χ4v) is 8.41. The molecule has 404 valence electrons. The van der Waals surface area contributed by atoms with Crippen molar-refractivity contribution in [1.29, 1.82) is 0 Å². The van der Waals surface area contributed by atoms with Gasteiger partial charge < -0.3 is 34.3 Å². The first kappa shape index (κ1) is 65.3. The van der Waals surface area contributed by atoms with Crippen LogP contribution < -0.4 is 0 Å². The van der Waals surface area contributed by atoms with Crippen LogP contribution in [-0.2, 0) is 38.3 Å². The van der Waals surface area contributed by atoms with Crippen molar-refractivity contribution in [3.63, 3.8) is 0 Å². The number of esters is 1. The number of ether oxygens (including phenoxy) is 4. The average molecular weight is 1010 g/mol. The normalized spacial score (nSPS) is 19.8.